The molecule has 2 aromatic rings. The van der Waals surface area contributed by atoms with Crippen molar-refractivity contribution < 1.29 is 18.0 Å². The van der Waals surface area contributed by atoms with E-state index in [1.165, 1.54) is 10.8 Å². The van der Waals surface area contributed by atoms with Crippen LogP contribution >= 0.6 is 0 Å². The number of alkyl halides is 3. The monoisotopic (exact) mass is 339 g/mol. The van der Waals surface area contributed by atoms with Crippen molar-refractivity contribution in [3.8, 4) is 0 Å². The third-order valence-corrected chi connectivity index (χ3v) is 3.37. The lowest BCUT2D eigenvalue weighted by atomic mass is 10.2. The minimum Gasteiger partial charge on any atom is -0.330 e. The van der Waals surface area contributed by atoms with Gasteiger partial charge in [0.15, 0.2) is 0 Å². The molecule has 0 saturated heterocycles. The van der Waals surface area contributed by atoms with Gasteiger partial charge in [0.1, 0.15) is 6.54 Å². The zero-order valence-electron chi connectivity index (χ0n) is 12.8. The summed E-state index contributed by atoms with van der Waals surface area (Å²) in [6, 6.07) is 6.72. The third kappa shape index (κ3) is 4.43. The van der Waals surface area contributed by atoms with Crippen molar-refractivity contribution in [2.75, 3.05) is 13.1 Å². The highest BCUT2D eigenvalue weighted by Crippen LogP contribution is 2.17. The van der Waals surface area contributed by atoms with Gasteiger partial charge in [-0.3, -0.25) is 14.3 Å². The van der Waals surface area contributed by atoms with Gasteiger partial charge in [0.25, 0.3) is 0 Å². The Morgan fingerprint density at radius 2 is 2.04 bits per heavy atom. The summed E-state index contributed by atoms with van der Waals surface area (Å²) in [7, 11) is 0. The largest absolute Gasteiger partial charge is 0.406 e. The number of aryl methyl sites for hydroxylation is 1. The molecule has 0 unspecified atom stereocenters. The van der Waals surface area contributed by atoms with E-state index in [-0.39, 0.29) is 24.9 Å². The summed E-state index contributed by atoms with van der Waals surface area (Å²) >= 11 is 0. The minimum absolute atomic E-state index is 0.0745. The van der Waals surface area contributed by atoms with Crippen LogP contribution in [-0.4, -0.2) is 39.9 Å². The van der Waals surface area contributed by atoms with Gasteiger partial charge in [-0.15, -0.1) is 6.58 Å². The van der Waals surface area contributed by atoms with Gasteiger partial charge >= 0.3 is 6.18 Å². The van der Waals surface area contributed by atoms with Crippen LogP contribution in [0, 0.1) is 0 Å². The number of hydrogen-bond acceptors (Lipinski definition) is 3. The number of carbonyl (C=O) groups is 1. The normalized spacial score (nSPS) is 11.5. The number of benzene rings is 1. The molecule has 0 aliphatic heterocycles. The molecule has 0 bridgehead atoms. The summed E-state index contributed by atoms with van der Waals surface area (Å²) in [4.78, 5) is 24.5. The van der Waals surface area contributed by atoms with E-state index in [0.717, 1.165) is 6.20 Å². The summed E-state index contributed by atoms with van der Waals surface area (Å²) < 4.78 is 39.0. The summed E-state index contributed by atoms with van der Waals surface area (Å²) in [6.45, 7) is 1.94. The molecule has 24 heavy (non-hydrogen) atoms. The highest BCUT2D eigenvalue weighted by Gasteiger charge is 2.32. The maximum absolute atomic E-state index is 12.5. The van der Waals surface area contributed by atoms with Crippen molar-refractivity contribution in [3.05, 3.63) is 53.3 Å². The van der Waals surface area contributed by atoms with Crippen molar-refractivity contribution in [1.29, 1.82) is 0 Å². The molecule has 0 aliphatic carbocycles. The fraction of sp³-hybridized carbons (Fsp3) is 0.312. The Bertz CT molecular complexity index is 799. The Hall–Kier alpha value is -2.64. The molecule has 0 aliphatic rings. The number of halogens is 3. The first-order valence-electron chi connectivity index (χ1n) is 7.22. The Morgan fingerprint density at radius 1 is 1.33 bits per heavy atom. The number of para-hydroxylation sites is 1. The Kier molecular flexibility index (Phi) is 5.38. The van der Waals surface area contributed by atoms with Crippen LogP contribution in [0.5, 0.6) is 0 Å². The van der Waals surface area contributed by atoms with E-state index in [4.69, 9.17) is 0 Å². The molecule has 1 heterocycles. The van der Waals surface area contributed by atoms with Crippen LogP contribution in [0.3, 0.4) is 0 Å². The predicted octanol–water partition coefficient (Wildman–Crippen LogP) is 2.36. The van der Waals surface area contributed by atoms with Gasteiger partial charge in [0.2, 0.25) is 11.3 Å². The molecule has 0 spiro atoms. The van der Waals surface area contributed by atoms with Crippen LogP contribution in [-0.2, 0) is 11.3 Å². The van der Waals surface area contributed by atoms with Crippen molar-refractivity contribution in [2.45, 2.75) is 19.1 Å². The number of nitrogens with zero attached hydrogens (tertiary/aromatic N) is 3. The van der Waals surface area contributed by atoms with Gasteiger partial charge < -0.3 is 4.90 Å². The second-order valence-electron chi connectivity index (χ2n) is 5.18. The van der Waals surface area contributed by atoms with E-state index in [2.05, 4.69) is 11.7 Å². The quantitative estimate of drug-likeness (QED) is 0.759. The van der Waals surface area contributed by atoms with E-state index < -0.39 is 18.6 Å². The first kappa shape index (κ1) is 17.7. The van der Waals surface area contributed by atoms with E-state index in [1.54, 1.807) is 24.3 Å². The molecule has 1 aromatic carbocycles. The van der Waals surface area contributed by atoms with E-state index >= 15 is 0 Å². The van der Waals surface area contributed by atoms with Crippen molar-refractivity contribution in [1.82, 2.24) is 14.7 Å². The Morgan fingerprint density at radius 3 is 2.71 bits per heavy atom. The molecular formula is C16H16F3N3O2. The standard InChI is InChI=1S/C16H16F3N3O2/c1-2-8-21(11-16(17,18)19)15(24)7-9-22-13-6-4-3-5-12(13)14(23)10-20-22/h2-6,10H,1,7-9,11H2. The average Bonchev–Trinajstić information content (AvgIpc) is 2.52. The lowest BCUT2D eigenvalue weighted by Gasteiger charge is -2.22. The van der Waals surface area contributed by atoms with E-state index in [9.17, 15) is 22.8 Å². The van der Waals surface area contributed by atoms with Gasteiger partial charge in [0, 0.05) is 18.4 Å². The Labute approximate surface area is 136 Å². The van der Waals surface area contributed by atoms with E-state index in [1.807, 2.05) is 0 Å². The second kappa shape index (κ2) is 7.29. The summed E-state index contributed by atoms with van der Waals surface area (Å²) in [5.41, 5.74) is 0.280. The predicted molar refractivity (Wildman–Crippen MR) is 83.5 cm³/mol. The first-order valence-corrected chi connectivity index (χ1v) is 7.22. The molecule has 2 rings (SSSR count). The van der Waals surface area contributed by atoms with Gasteiger partial charge in [-0.25, -0.2) is 0 Å². The number of hydrogen-bond donors (Lipinski definition) is 0. The fourth-order valence-corrected chi connectivity index (χ4v) is 2.33. The van der Waals surface area contributed by atoms with Gasteiger partial charge in [0.05, 0.1) is 18.3 Å². The topological polar surface area (TPSA) is 55.2 Å². The lowest BCUT2D eigenvalue weighted by molar-refractivity contribution is -0.160. The van der Waals surface area contributed by atoms with Gasteiger partial charge in [-0.1, -0.05) is 18.2 Å². The molecule has 0 saturated carbocycles. The molecule has 0 N–H and O–H groups in total. The van der Waals surface area contributed by atoms with Crippen LogP contribution in [0.4, 0.5) is 13.2 Å². The van der Waals surface area contributed by atoms with Crippen LogP contribution in [0.15, 0.2) is 47.9 Å². The van der Waals surface area contributed by atoms with Crippen LogP contribution in [0.2, 0.25) is 0 Å². The van der Waals surface area contributed by atoms with Crippen molar-refractivity contribution in [3.63, 3.8) is 0 Å². The highest BCUT2D eigenvalue weighted by molar-refractivity contribution is 5.79. The molecule has 0 radical (unpaired) electrons. The summed E-state index contributed by atoms with van der Waals surface area (Å²) in [5, 5.41) is 4.39. The van der Waals surface area contributed by atoms with Crippen molar-refractivity contribution in [2.24, 2.45) is 0 Å². The summed E-state index contributed by atoms with van der Waals surface area (Å²) in [6.07, 6.45) is -2.26. The van der Waals surface area contributed by atoms with Gasteiger partial charge in [-0.2, -0.15) is 18.3 Å². The molecule has 1 amide bonds. The summed E-state index contributed by atoms with van der Waals surface area (Å²) in [5.74, 6) is -0.656. The number of aromatic nitrogens is 2. The number of carbonyl (C=O) groups excluding carboxylic acids is 1. The minimum atomic E-state index is -4.47. The molecule has 8 heteroatoms. The van der Waals surface area contributed by atoms with E-state index in [0.29, 0.717) is 15.8 Å². The van der Waals surface area contributed by atoms with Crippen LogP contribution < -0.4 is 5.43 Å². The molecular weight excluding hydrogens is 323 g/mol. The second-order valence-corrected chi connectivity index (χ2v) is 5.18. The molecule has 1 aromatic heterocycles. The zero-order chi connectivity index (χ0) is 17.7. The SMILES string of the molecule is C=CCN(CC(F)(F)F)C(=O)CCn1ncc(=O)c2ccccc21. The first-order chi connectivity index (χ1) is 11.3. The third-order valence-electron chi connectivity index (χ3n) is 3.37. The number of amides is 1. The fourth-order valence-electron chi connectivity index (χ4n) is 2.33. The molecule has 5 nitrogen and oxygen atoms in total. The number of rotatable bonds is 6. The van der Waals surface area contributed by atoms with Crippen LogP contribution in [0.25, 0.3) is 10.9 Å². The highest BCUT2D eigenvalue weighted by atomic mass is 19.4. The van der Waals surface area contributed by atoms with Gasteiger partial charge in [-0.05, 0) is 12.1 Å². The maximum atomic E-state index is 12.5. The molecule has 0 fully saturated rings. The zero-order valence-corrected chi connectivity index (χ0v) is 12.8. The Balaban J connectivity index is 2.15. The molecule has 128 valence electrons. The van der Waals surface area contributed by atoms with Crippen molar-refractivity contribution >= 4 is 16.8 Å². The smallest absolute Gasteiger partial charge is 0.330 e. The average molecular weight is 339 g/mol. The lowest BCUT2D eigenvalue weighted by Crippen LogP contribution is -2.39. The maximum Gasteiger partial charge on any atom is 0.406 e. The molecule has 0 atom stereocenters. The van der Waals surface area contributed by atoms with Crippen LogP contribution in [0.1, 0.15) is 6.42 Å². The number of fused-ring (bicyclic) bond motifs is 1.